The van der Waals surface area contributed by atoms with Crippen LogP contribution in [0.15, 0.2) is 124 Å². The molecule has 2 aromatic heterocycles. The van der Waals surface area contributed by atoms with Gasteiger partial charge in [-0.2, -0.15) is 46.7 Å². The first-order chi connectivity index (χ1) is 28.7. The molecule has 20 nitrogen and oxygen atoms in total. The summed E-state index contributed by atoms with van der Waals surface area (Å²) in [6.45, 7) is -0.337. The maximum atomic E-state index is 13.0. The topological polar surface area (TPSA) is 281 Å². The van der Waals surface area contributed by atoms with Crippen LogP contribution in [0.3, 0.4) is 0 Å². The Morgan fingerprint density at radius 1 is 0.600 bits per heavy atom. The molecule has 22 heteroatoms. The second-order valence-corrected chi connectivity index (χ2v) is 15.7. The Morgan fingerprint density at radius 3 is 1.62 bits per heavy atom. The predicted molar refractivity (Wildman–Crippen MR) is 225 cm³/mol. The Kier molecular flexibility index (Phi) is 13.5. The van der Waals surface area contributed by atoms with Crippen LogP contribution >= 0.6 is 0 Å². The first kappa shape index (κ1) is 42.9. The maximum Gasteiger partial charge on any atom is 0.295 e. The van der Waals surface area contributed by atoms with Crippen LogP contribution in [0.25, 0.3) is 0 Å². The van der Waals surface area contributed by atoms with Crippen LogP contribution in [0.4, 0.5) is 47.1 Å². The van der Waals surface area contributed by atoms with E-state index in [1.165, 1.54) is 46.2 Å². The summed E-state index contributed by atoms with van der Waals surface area (Å²) < 4.78 is 73.2. The number of aliphatic hydroxyl groups is 2. The van der Waals surface area contributed by atoms with E-state index < -0.39 is 36.1 Å². The molecule has 312 valence electrons. The third kappa shape index (κ3) is 10.9. The Hall–Kier alpha value is -6.69. The lowest BCUT2D eigenvalue weighted by Gasteiger charge is -2.25. The molecule has 0 bridgehead atoms. The summed E-state index contributed by atoms with van der Waals surface area (Å²) in [5, 5.41) is 28.7. The van der Waals surface area contributed by atoms with E-state index in [0.717, 1.165) is 12.1 Å². The van der Waals surface area contributed by atoms with Gasteiger partial charge in [0, 0.05) is 49.7 Å². The zero-order chi connectivity index (χ0) is 42.9. The second kappa shape index (κ2) is 18.9. The number of aliphatic imine (C=N–C) groups is 1. The highest BCUT2D eigenvalue weighted by Gasteiger charge is 2.32. The quantitative estimate of drug-likeness (QED) is 0.0477. The molecule has 0 fully saturated rings. The van der Waals surface area contributed by atoms with Gasteiger partial charge in [-0.25, -0.2) is 4.99 Å². The number of hydrogen-bond donors (Lipinski definition) is 7. The molecule has 60 heavy (non-hydrogen) atoms. The van der Waals surface area contributed by atoms with Crippen LogP contribution in [0.5, 0.6) is 0 Å². The smallest absolute Gasteiger partial charge is 0.295 e. The Bertz CT molecular complexity index is 2680. The number of hydrogen-bond acceptors (Lipinski definition) is 18. The summed E-state index contributed by atoms with van der Waals surface area (Å²) in [6.07, 6.45) is 0. The number of aromatic nitrogens is 6. The number of aliphatic hydroxyl groups excluding tert-OH is 2. The molecule has 0 saturated heterocycles. The molecule has 0 amide bonds. The number of nitrogens with one attached hydrogen (secondary N) is 3. The molecule has 0 saturated carbocycles. The van der Waals surface area contributed by atoms with Crippen molar-refractivity contribution in [3.8, 4) is 0 Å². The fraction of sp³-hybridized carbons (Fsp3) is 0.184. The molecular formula is C38H40N12O8S2. The highest BCUT2D eigenvalue weighted by molar-refractivity contribution is 7.86. The molecule has 4 aromatic carbocycles. The van der Waals surface area contributed by atoms with Crippen molar-refractivity contribution < 1.29 is 36.2 Å². The van der Waals surface area contributed by atoms with Crippen molar-refractivity contribution in [2.24, 2.45) is 4.99 Å². The molecule has 1 unspecified atom stereocenters. The summed E-state index contributed by atoms with van der Waals surface area (Å²) in [5.74, 6) is -0.435. The number of likely N-dealkylation sites (N-methyl/N-ethyl adjacent to an activating group) is 2. The number of rotatable bonds is 18. The van der Waals surface area contributed by atoms with Gasteiger partial charge in [0.25, 0.3) is 26.2 Å². The zero-order valence-corrected chi connectivity index (χ0v) is 33.7. The Labute approximate surface area is 345 Å². The molecule has 0 aliphatic rings. The van der Waals surface area contributed by atoms with E-state index in [1.807, 2.05) is 12.1 Å². The van der Waals surface area contributed by atoms with Gasteiger partial charge in [-0.3, -0.25) is 9.11 Å². The molecule has 0 aliphatic heterocycles. The lowest BCUT2D eigenvalue weighted by Crippen LogP contribution is -2.28. The van der Waals surface area contributed by atoms with Crippen molar-refractivity contribution in [3.63, 3.8) is 0 Å². The summed E-state index contributed by atoms with van der Waals surface area (Å²) in [4.78, 5) is 33.7. The minimum atomic E-state index is -5.00. The van der Waals surface area contributed by atoms with Crippen LogP contribution in [0.1, 0.15) is 17.2 Å². The average Bonchev–Trinajstić information content (AvgIpc) is 3.22. The SMILES string of the molecule is CN(CCO)c1nc(N=C(c2ccccc2S(=O)(=O)O)C(Nc2nc(Nc3ccccc3)nc(N(C)CCO)n2)c2ccccc2S(=O)(=O)O)nc(Nc2ccccc2)n1. The van der Waals surface area contributed by atoms with Crippen LogP contribution in [0, 0.1) is 0 Å². The monoisotopic (exact) mass is 856 g/mol. The molecule has 7 N–H and O–H groups in total. The standard InChI is InChI=1S/C38H40N12O8S2/c1-49(21-23-51)37-45-33(39-25-13-5-3-6-14-25)43-35(47-37)41-31(27-17-9-11-19-29(27)59(53,54)55)32(28-18-10-12-20-30(28)60(56,57)58)42-36-44-34(40-26-15-7-4-8-16-26)46-38(48-36)50(2)22-24-52/h3-20,31,51-52H,21-24H2,1-2H3,(H,53,54,55)(H,56,57,58)(H,40,44,46,48)(H2,39,41,43,45,47). The van der Waals surface area contributed by atoms with E-state index in [-0.39, 0.29) is 78.8 Å². The van der Waals surface area contributed by atoms with E-state index in [4.69, 9.17) is 4.99 Å². The van der Waals surface area contributed by atoms with Gasteiger partial charge in [-0.15, -0.1) is 0 Å². The van der Waals surface area contributed by atoms with Gasteiger partial charge in [0.05, 0.1) is 29.9 Å². The van der Waals surface area contributed by atoms with Crippen molar-refractivity contribution in [3.05, 3.63) is 120 Å². The first-order valence-electron chi connectivity index (χ1n) is 18.0. The minimum Gasteiger partial charge on any atom is -0.395 e. The van der Waals surface area contributed by atoms with E-state index in [9.17, 15) is 36.2 Å². The normalized spacial score (nSPS) is 12.4. The number of anilines is 7. The van der Waals surface area contributed by atoms with Crippen molar-refractivity contribution in [2.45, 2.75) is 15.8 Å². The van der Waals surface area contributed by atoms with Crippen molar-refractivity contribution >= 4 is 73.0 Å². The molecular weight excluding hydrogens is 817 g/mol. The summed E-state index contributed by atoms with van der Waals surface area (Å²) in [5.41, 5.74) is 0.487. The number of para-hydroxylation sites is 2. The summed E-state index contributed by atoms with van der Waals surface area (Å²) in [6, 6.07) is 26.8. The highest BCUT2D eigenvalue weighted by Crippen LogP contribution is 2.33. The molecule has 1 atom stereocenters. The summed E-state index contributed by atoms with van der Waals surface area (Å²) >= 11 is 0. The van der Waals surface area contributed by atoms with Crippen LogP contribution in [-0.2, 0) is 20.2 Å². The van der Waals surface area contributed by atoms with Crippen molar-refractivity contribution in [1.82, 2.24) is 29.9 Å². The fourth-order valence-electron chi connectivity index (χ4n) is 5.76. The molecule has 6 aromatic rings. The van der Waals surface area contributed by atoms with Crippen molar-refractivity contribution in [1.29, 1.82) is 0 Å². The van der Waals surface area contributed by atoms with Crippen molar-refractivity contribution in [2.75, 3.05) is 66.1 Å². The minimum absolute atomic E-state index is 0.00865. The molecule has 0 spiro atoms. The maximum absolute atomic E-state index is 13.0. The lowest BCUT2D eigenvalue weighted by atomic mass is 9.96. The summed E-state index contributed by atoms with van der Waals surface area (Å²) in [7, 11) is -6.76. The van der Waals surface area contributed by atoms with Gasteiger partial charge in [-0.1, -0.05) is 72.8 Å². The number of nitrogens with zero attached hydrogens (tertiary/aromatic N) is 9. The third-order valence-electron chi connectivity index (χ3n) is 8.57. The zero-order valence-electron chi connectivity index (χ0n) is 32.1. The highest BCUT2D eigenvalue weighted by atomic mass is 32.2. The van der Waals surface area contributed by atoms with Gasteiger partial charge in [0.15, 0.2) is 0 Å². The third-order valence-corrected chi connectivity index (χ3v) is 10.4. The van der Waals surface area contributed by atoms with Crippen LogP contribution < -0.4 is 25.8 Å². The Balaban J connectivity index is 1.65. The largest absolute Gasteiger partial charge is 0.395 e. The second-order valence-electron chi connectivity index (χ2n) is 12.9. The van der Waals surface area contributed by atoms with Gasteiger partial charge in [0.2, 0.25) is 29.7 Å². The van der Waals surface area contributed by atoms with E-state index >= 15 is 0 Å². The van der Waals surface area contributed by atoms with Crippen LogP contribution in [-0.4, -0.2) is 112 Å². The molecule has 6 rings (SSSR count). The molecule has 0 radical (unpaired) electrons. The van der Waals surface area contributed by atoms with Gasteiger partial charge < -0.3 is 36.0 Å². The lowest BCUT2D eigenvalue weighted by molar-refractivity contribution is 0.303. The van der Waals surface area contributed by atoms with Crippen LogP contribution in [0.2, 0.25) is 0 Å². The molecule has 2 heterocycles. The predicted octanol–water partition coefficient (Wildman–Crippen LogP) is 3.87. The van der Waals surface area contributed by atoms with Gasteiger partial charge in [0.1, 0.15) is 4.90 Å². The first-order valence-corrected chi connectivity index (χ1v) is 20.9. The van der Waals surface area contributed by atoms with Gasteiger partial charge in [-0.05, 0) is 36.4 Å². The average molecular weight is 857 g/mol. The van der Waals surface area contributed by atoms with E-state index in [2.05, 4.69) is 45.9 Å². The Morgan fingerprint density at radius 2 is 1.07 bits per heavy atom. The number of benzene rings is 4. The van der Waals surface area contributed by atoms with E-state index in [1.54, 1.807) is 62.6 Å². The molecule has 0 aliphatic carbocycles. The van der Waals surface area contributed by atoms with E-state index in [0.29, 0.717) is 11.4 Å². The van der Waals surface area contributed by atoms with Gasteiger partial charge >= 0.3 is 0 Å². The fourth-order valence-corrected chi connectivity index (χ4v) is 7.19.